The van der Waals surface area contributed by atoms with Crippen molar-refractivity contribution in [2.75, 3.05) is 40.9 Å². The maximum absolute atomic E-state index is 11.5. The van der Waals surface area contributed by atoms with Gasteiger partial charge in [0.05, 0.1) is 27.7 Å². The highest BCUT2D eigenvalue weighted by atomic mass is 35.5. The number of rotatable bonds is 11. The Bertz CT molecular complexity index is 322. The molecule has 0 saturated heterocycles. The van der Waals surface area contributed by atoms with Crippen LogP contribution in [0.25, 0.3) is 0 Å². The van der Waals surface area contributed by atoms with E-state index in [9.17, 15) is 9.46 Å². The van der Waals surface area contributed by atoms with Crippen molar-refractivity contribution in [2.24, 2.45) is 0 Å². The van der Waals surface area contributed by atoms with Gasteiger partial charge in [-0.2, -0.15) is 0 Å². The van der Waals surface area contributed by atoms with E-state index in [1.165, 1.54) is 0 Å². The van der Waals surface area contributed by atoms with Crippen molar-refractivity contribution in [3.05, 3.63) is 0 Å². The fourth-order valence-electron chi connectivity index (χ4n) is 1.18. The van der Waals surface area contributed by atoms with E-state index in [1.807, 2.05) is 35.0 Å². The van der Waals surface area contributed by atoms with E-state index in [2.05, 4.69) is 9.51 Å². The molecule has 2 N–H and O–H groups in total. The van der Waals surface area contributed by atoms with Gasteiger partial charge in [-0.1, -0.05) is 0 Å². The van der Waals surface area contributed by atoms with Crippen LogP contribution in [0.3, 0.4) is 0 Å². The molecule has 0 spiro atoms. The van der Waals surface area contributed by atoms with Crippen LogP contribution in [-0.2, 0) is 18.7 Å². The van der Waals surface area contributed by atoms with Crippen molar-refractivity contribution in [1.29, 1.82) is 0 Å². The summed E-state index contributed by atoms with van der Waals surface area (Å²) in [5, 5.41) is 0. The summed E-state index contributed by atoms with van der Waals surface area (Å²) < 4.78 is 21.3. The summed E-state index contributed by atoms with van der Waals surface area (Å²) in [6, 6.07) is 0. The maximum atomic E-state index is 11.5. The number of quaternary nitrogens is 1. The van der Waals surface area contributed by atoms with Crippen molar-refractivity contribution < 1.29 is 28.0 Å². The van der Waals surface area contributed by atoms with Gasteiger partial charge in [0.25, 0.3) is 0 Å². The van der Waals surface area contributed by atoms with E-state index in [-0.39, 0.29) is 18.8 Å². The topological polar surface area (TPSA) is 77.0 Å². The Morgan fingerprint density at radius 3 is 2.40 bits per heavy atom. The van der Waals surface area contributed by atoms with Crippen LogP contribution < -0.4 is 4.84 Å². The van der Waals surface area contributed by atoms with Gasteiger partial charge in [0.15, 0.2) is 0 Å². The Hall–Kier alpha value is 0.280. The van der Waals surface area contributed by atoms with Crippen LogP contribution in [0.2, 0.25) is 0 Å². The first kappa shape index (κ1) is 20.3. The van der Waals surface area contributed by atoms with Crippen LogP contribution in [0.15, 0.2) is 0 Å². The Labute approximate surface area is 126 Å². The van der Waals surface area contributed by atoms with Gasteiger partial charge >= 0.3 is 7.82 Å². The summed E-state index contributed by atoms with van der Waals surface area (Å²) in [5.41, 5.74) is -0.227. The zero-order chi connectivity index (χ0) is 15.9. The minimum atomic E-state index is -4.14. The van der Waals surface area contributed by atoms with Gasteiger partial charge < -0.3 is 9.38 Å². The highest BCUT2D eigenvalue weighted by molar-refractivity contribution is 7.47. The predicted octanol–water partition coefficient (Wildman–Crippen LogP) is 2.06. The van der Waals surface area contributed by atoms with Crippen LogP contribution in [0, 0.1) is 0 Å². The summed E-state index contributed by atoms with van der Waals surface area (Å²) in [6.07, 6.45) is 1.36. The second kappa shape index (κ2) is 8.66. The summed E-state index contributed by atoms with van der Waals surface area (Å²) in [4.78, 5) is 16.7. The molecule has 0 aliphatic heterocycles. The number of hydrogen-bond acceptors (Lipinski definition) is 5. The SMILES string of the molecule is CC(C)(CCCOOP(=O)(O)OCC[N+](C)(C)C)NCl. The Balaban J connectivity index is 3.75. The molecule has 0 radical (unpaired) electrons. The molecule has 1 atom stereocenters. The molecule has 0 amide bonds. The molecule has 0 aliphatic carbocycles. The average molecular weight is 334 g/mol. The summed E-state index contributed by atoms with van der Waals surface area (Å²) in [7, 11) is 1.72. The number of phosphoric ester groups is 1. The molecular weight excluding hydrogens is 307 g/mol. The van der Waals surface area contributed by atoms with E-state index in [0.717, 1.165) is 6.42 Å². The molecule has 0 bridgehead atoms. The van der Waals surface area contributed by atoms with Crippen LogP contribution >= 0.6 is 19.6 Å². The second-order valence-electron chi connectivity index (χ2n) is 6.29. The van der Waals surface area contributed by atoms with Gasteiger partial charge in [-0.05, 0) is 38.5 Å². The molecule has 122 valence electrons. The number of phosphoric acid groups is 1. The molecule has 1 unspecified atom stereocenters. The standard InChI is InChI=1S/C11H26ClN2O5P/c1-11(2,13-12)7-6-9-17-19-20(15,16)18-10-8-14(3,4)5/h13H,6-10H2,1-5H3/p+1. The van der Waals surface area contributed by atoms with Gasteiger partial charge in [-0.3, -0.25) is 4.52 Å². The van der Waals surface area contributed by atoms with Crippen LogP contribution in [-0.4, -0.2) is 55.8 Å². The third kappa shape index (κ3) is 12.1. The first-order valence-electron chi connectivity index (χ1n) is 6.44. The first-order chi connectivity index (χ1) is 8.97. The molecule has 9 heteroatoms. The van der Waals surface area contributed by atoms with Gasteiger partial charge in [0.2, 0.25) is 0 Å². The Morgan fingerprint density at radius 1 is 1.30 bits per heavy atom. The third-order valence-electron chi connectivity index (χ3n) is 2.45. The van der Waals surface area contributed by atoms with E-state index in [0.29, 0.717) is 17.4 Å². The van der Waals surface area contributed by atoms with Crippen LogP contribution in [0.4, 0.5) is 0 Å². The minimum Gasteiger partial charge on any atom is -0.329 e. The molecule has 0 heterocycles. The number of hydrogen-bond donors (Lipinski definition) is 2. The lowest BCUT2D eigenvalue weighted by Gasteiger charge is -2.24. The maximum Gasteiger partial charge on any atom is 0.499 e. The fourth-order valence-corrected chi connectivity index (χ4v) is 1.83. The van der Waals surface area contributed by atoms with Crippen molar-refractivity contribution in [3.63, 3.8) is 0 Å². The normalized spacial score (nSPS) is 16.1. The predicted molar refractivity (Wildman–Crippen MR) is 78.0 cm³/mol. The first-order valence-corrected chi connectivity index (χ1v) is 8.32. The average Bonchev–Trinajstić information content (AvgIpc) is 2.26. The zero-order valence-corrected chi connectivity index (χ0v) is 14.5. The minimum absolute atomic E-state index is 0.115. The van der Waals surface area contributed by atoms with E-state index in [1.54, 1.807) is 0 Å². The number of nitrogens with zero attached hydrogens (tertiary/aromatic N) is 1. The molecule has 0 fully saturated rings. The molecule has 0 aromatic rings. The third-order valence-corrected chi connectivity index (χ3v) is 3.76. The van der Waals surface area contributed by atoms with E-state index < -0.39 is 7.82 Å². The molecular formula is C11H27ClN2O5P+. The van der Waals surface area contributed by atoms with Crippen LogP contribution in [0.1, 0.15) is 26.7 Å². The largest absolute Gasteiger partial charge is 0.499 e. The van der Waals surface area contributed by atoms with Crippen molar-refractivity contribution >= 4 is 19.6 Å². The number of halogens is 1. The lowest BCUT2D eigenvalue weighted by molar-refractivity contribution is -0.870. The van der Waals surface area contributed by atoms with Crippen molar-refractivity contribution in [3.8, 4) is 0 Å². The van der Waals surface area contributed by atoms with Crippen LogP contribution in [0.5, 0.6) is 0 Å². The monoisotopic (exact) mass is 333 g/mol. The molecule has 0 aromatic heterocycles. The number of likely N-dealkylation sites (N-methyl/N-ethyl adjacent to an activating group) is 1. The smallest absolute Gasteiger partial charge is 0.329 e. The quantitative estimate of drug-likeness (QED) is 0.150. The summed E-state index contributed by atoms with van der Waals surface area (Å²) in [6.45, 7) is 4.76. The fraction of sp³-hybridized carbons (Fsp3) is 1.00. The summed E-state index contributed by atoms with van der Waals surface area (Å²) in [5.74, 6) is 0. The highest BCUT2D eigenvalue weighted by Crippen LogP contribution is 2.43. The zero-order valence-electron chi connectivity index (χ0n) is 12.9. The summed E-state index contributed by atoms with van der Waals surface area (Å²) >= 11 is 5.54. The second-order valence-corrected chi connectivity index (χ2v) is 7.83. The van der Waals surface area contributed by atoms with Gasteiger partial charge in [0, 0.05) is 5.54 Å². The van der Waals surface area contributed by atoms with Crippen molar-refractivity contribution in [1.82, 2.24) is 4.84 Å². The molecule has 0 aliphatic rings. The molecule has 0 saturated carbocycles. The molecule has 0 aromatic carbocycles. The van der Waals surface area contributed by atoms with E-state index >= 15 is 0 Å². The van der Waals surface area contributed by atoms with Gasteiger partial charge in [-0.25, -0.2) is 14.3 Å². The van der Waals surface area contributed by atoms with Gasteiger partial charge in [0.1, 0.15) is 13.2 Å². The Morgan fingerprint density at radius 2 is 1.90 bits per heavy atom. The number of nitrogens with one attached hydrogen (secondary N) is 1. The Kier molecular flexibility index (Phi) is 8.78. The molecule has 20 heavy (non-hydrogen) atoms. The van der Waals surface area contributed by atoms with Gasteiger partial charge in [-0.15, -0.1) is 4.67 Å². The van der Waals surface area contributed by atoms with Crippen molar-refractivity contribution in [2.45, 2.75) is 32.2 Å². The lowest BCUT2D eigenvalue weighted by Crippen LogP contribution is -2.37. The molecule has 7 nitrogen and oxygen atoms in total. The molecule has 0 rings (SSSR count). The lowest BCUT2D eigenvalue weighted by atomic mass is 10.0. The van der Waals surface area contributed by atoms with E-state index in [4.69, 9.17) is 21.2 Å². The highest BCUT2D eigenvalue weighted by Gasteiger charge is 2.24.